The number of carbonyl (C=O) groups excluding carboxylic acids is 1. The molecule has 0 aliphatic rings. The summed E-state index contributed by atoms with van der Waals surface area (Å²) in [5, 5.41) is 3.51. The van der Waals surface area contributed by atoms with Crippen LogP contribution in [-0.2, 0) is 4.79 Å². The van der Waals surface area contributed by atoms with Gasteiger partial charge in [-0.05, 0) is 48.9 Å². The summed E-state index contributed by atoms with van der Waals surface area (Å²) in [6.45, 7) is 1.87. The molecule has 0 spiro atoms. The van der Waals surface area contributed by atoms with Gasteiger partial charge < -0.3 is 14.8 Å². The van der Waals surface area contributed by atoms with Crippen LogP contribution in [0.5, 0.6) is 11.5 Å². The van der Waals surface area contributed by atoms with Gasteiger partial charge in [-0.15, -0.1) is 0 Å². The van der Waals surface area contributed by atoms with Crippen molar-refractivity contribution in [1.82, 2.24) is 5.32 Å². The maximum atomic E-state index is 11.9. The Hall–Kier alpha value is -2.20. The third-order valence-corrected chi connectivity index (χ3v) is 3.41. The summed E-state index contributed by atoms with van der Waals surface area (Å²) in [4.78, 5) is 11.9. The highest BCUT2D eigenvalue weighted by Gasteiger charge is 2.10. The molecule has 0 heterocycles. The van der Waals surface area contributed by atoms with Crippen LogP contribution >= 0.6 is 11.6 Å². The molecule has 2 aromatic rings. The van der Waals surface area contributed by atoms with Gasteiger partial charge in [-0.25, -0.2) is 0 Å². The second kappa shape index (κ2) is 7.71. The molecular weight excluding hydrogens is 302 g/mol. The Morgan fingerprint density at radius 1 is 1.18 bits per heavy atom. The van der Waals surface area contributed by atoms with Gasteiger partial charge in [0.25, 0.3) is 5.91 Å². The van der Waals surface area contributed by atoms with E-state index in [1.807, 2.05) is 31.2 Å². The maximum absolute atomic E-state index is 11.9. The molecule has 0 fully saturated rings. The number of benzene rings is 2. The van der Waals surface area contributed by atoms with E-state index in [-0.39, 0.29) is 18.6 Å². The van der Waals surface area contributed by atoms with Crippen molar-refractivity contribution in [1.29, 1.82) is 0 Å². The van der Waals surface area contributed by atoms with Gasteiger partial charge in [0.1, 0.15) is 11.5 Å². The fraction of sp³-hybridized carbons (Fsp3) is 0.235. The van der Waals surface area contributed by atoms with Crippen LogP contribution in [0.1, 0.15) is 18.5 Å². The first-order chi connectivity index (χ1) is 10.6. The predicted octanol–water partition coefficient (Wildman–Crippen LogP) is 3.60. The molecule has 0 unspecified atom stereocenters. The summed E-state index contributed by atoms with van der Waals surface area (Å²) in [7, 11) is 1.61. The summed E-state index contributed by atoms with van der Waals surface area (Å²) in [5.74, 6) is 1.18. The van der Waals surface area contributed by atoms with E-state index in [1.54, 1.807) is 31.4 Å². The van der Waals surface area contributed by atoms with Crippen LogP contribution in [0.4, 0.5) is 0 Å². The van der Waals surface area contributed by atoms with E-state index < -0.39 is 0 Å². The molecule has 22 heavy (non-hydrogen) atoms. The van der Waals surface area contributed by atoms with E-state index in [0.717, 1.165) is 11.3 Å². The molecule has 0 aliphatic carbocycles. The lowest BCUT2D eigenvalue weighted by Crippen LogP contribution is -2.31. The number of hydrogen-bond acceptors (Lipinski definition) is 3. The van der Waals surface area contributed by atoms with Gasteiger partial charge in [-0.1, -0.05) is 23.7 Å². The highest BCUT2D eigenvalue weighted by Crippen LogP contribution is 2.19. The third-order valence-electron chi connectivity index (χ3n) is 3.15. The molecule has 0 saturated carbocycles. The lowest BCUT2D eigenvalue weighted by atomic mass is 10.1. The minimum Gasteiger partial charge on any atom is -0.497 e. The molecule has 2 aromatic carbocycles. The fourth-order valence-corrected chi connectivity index (χ4v) is 2.08. The van der Waals surface area contributed by atoms with Gasteiger partial charge >= 0.3 is 0 Å². The van der Waals surface area contributed by atoms with Crippen molar-refractivity contribution in [2.24, 2.45) is 0 Å². The molecule has 1 atom stereocenters. The molecule has 4 nitrogen and oxygen atoms in total. The maximum Gasteiger partial charge on any atom is 0.258 e. The predicted molar refractivity (Wildman–Crippen MR) is 86.5 cm³/mol. The van der Waals surface area contributed by atoms with Crippen LogP contribution in [0.25, 0.3) is 0 Å². The fourth-order valence-electron chi connectivity index (χ4n) is 1.96. The molecule has 2 rings (SSSR count). The summed E-state index contributed by atoms with van der Waals surface area (Å²) < 4.78 is 10.6. The molecule has 1 N–H and O–H groups in total. The first-order valence-corrected chi connectivity index (χ1v) is 7.28. The molecule has 1 amide bonds. The summed E-state index contributed by atoms with van der Waals surface area (Å²) in [5.41, 5.74) is 0.971. The van der Waals surface area contributed by atoms with Crippen LogP contribution in [0.15, 0.2) is 48.5 Å². The van der Waals surface area contributed by atoms with Gasteiger partial charge in [0, 0.05) is 5.02 Å². The zero-order valence-corrected chi connectivity index (χ0v) is 13.3. The van der Waals surface area contributed by atoms with Crippen molar-refractivity contribution in [2.75, 3.05) is 13.7 Å². The number of halogens is 1. The number of ether oxygens (including phenoxy) is 2. The number of hydrogen-bond donors (Lipinski definition) is 1. The Bertz CT molecular complexity index is 628. The highest BCUT2D eigenvalue weighted by atomic mass is 35.5. The minimum absolute atomic E-state index is 0.0457. The van der Waals surface area contributed by atoms with E-state index in [1.165, 1.54) is 0 Å². The van der Waals surface area contributed by atoms with Crippen molar-refractivity contribution >= 4 is 17.5 Å². The Labute approximate surface area is 135 Å². The number of rotatable bonds is 6. The Balaban J connectivity index is 1.86. The van der Waals surface area contributed by atoms with Gasteiger partial charge in [-0.2, -0.15) is 0 Å². The van der Waals surface area contributed by atoms with Gasteiger partial charge in [0.05, 0.1) is 13.2 Å². The zero-order chi connectivity index (χ0) is 15.9. The topological polar surface area (TPSA) is 47.6 Å². The molecule has 0 aromatic heterocycles. The van der Waals surface area contributed by atoms with E-state index in [0.29, 0.717) is 10.8 Å². The second-order valence-corrected chi connectivity index (χ2v) is 5.24. The average molecular weight is 320 g/mol. The van der Waals surface area contributed by atoms with Crippen molar-refractivity contribution in [3.8, 4) is 11.5 Å². The normalized spacial score (nSPS) is 11.6. The largest absolute Gasteiger partial charge is 0.497 e. The lowest BCUT2D eigenvalue weighted by Gasteiger charge is -2.15. The van der Waals surface area contributed by atoms with E-state index >= 15 is 0 Å². The lowest BCUT2D eigenvalue weighted by molar-refractivity contribution is -0.123. The number of amides is 1. The quantitative estimate of drug-likeness (QED) is 0.885. The summed E-state index contributed by atoms with van der Waals surface area (Å²) >= 11 is 5.79. The van der Waals surface area contributed by atoms with Gasteiger partial charge in [0.2, 0.25) is 0 Å². The van der Waals surface area contributed by atoms with E-state index in [4.69, 9.17) is 21.1 Å². The molecule has 0 saturated heterocycles. The average Bonchev–Trinajstić information content (AvgIpc) is 2.54. The van der Waals surface area contributed by atoms with E-state index in [2.05, 4.69) is 5.32 Å². The number of nitrogens with one attached hydrogen (secondary N) is 1. The zero-order valence-electron chi connectivity index (χ0n) is 12.5. The second-order valence-electron chi connectivity index (χ2n) is 4.81. The standard InChI is InChI=1S/C17H18ClNO3/c1-12(13-4-3-5-16(10-13)21-2)19-17(20)11-22-15-8-6-14(18)7-9-15/h3-10,12H,11H2,1-2H3,(H,19,20)/t12-/m0/s1. The molecule has 0 aliphatic heterocycles. The van der Waals surface area contributed by atoms with E-state index in [9.17, 15) is 4.79 Å². The smallest absolute Gasteiger partial charge is 0.258 e. The van der Waals surface area contributed by atoms with Gasteiger partial charge in [-0.3, -0.25) is 4.79 Å². The van der Waals surface area contributed by atoms with Crippen molar-refractivity contribution in [3.63, 3.8) is 0 Å². The van der Waals surface area contributed by atoms with Crippen LogP contribution in [0.2, 0.25) is 5.02 Å². The van der Waals surface area contributed by atoms with Crippen LogP contribution < -0.4 is 14.8 Å². The Morgan fingerprint density at radius 2 is 1.91 bits per heavy atom. The Morgan fingerprint density at radius 3 is 2.59 bits per heavy atom. The third kappa shape index (κ3) is 4.67. The van der Waals surface area contributed by atoms with Crippen molar-refractivity contribution < 1.29 is 14.3 Å². The van der Waals surface area contributed by atoms with Crippen LogP contribution in [0.3, 0.4) is 0 Å². The molecule has 116 valence electrons. The molecule has 0 bridgehead atoms. The van der Waals surface area contributed by atoms with Crippen LogP contribution in [-0.4, -0.2) is 19.6 Å². The molecular formula is C17H18ClNO3. The summed E-state index contributed by atoms with van der Waals surface area (Å²) in [6.07, 6.45) is 0. The summed E-state index contributed by atoms with van der Waals surface area (Å²) in [6, 6.07) is 14.3. The molecule has 0 radical (unpaired) electrons. The van der Waals surface area contributed by atoms with Crippen LogP contribution in [0, 0.1) is 0 Å². The van der Waals surface area contributed by atoms with Crippen molar-refractivity contribution in [3.05, 3.63) is 59.1 Å². The SMILES string of the molecule is COc1cccc([C@H](C)NC(=O)COc2ccc(Cl)cc2)c1. The minimum atomic E-state index is -0.190. The Kier molecular flexibility index (Phi) is 5.67. The van der Waals surface area contributed by atoms with Gasteiger partial charge in [0.15, 0.2) is 6.61 Å². The first-order valence-electron chi connectivity index (χ1n) is 6.90. The first kappa shape index (κ1) is 16.2. The monoisotopic (exact) mass is 319 g/mol. The highest BCUT2D eigenvalue weighted by molar-refractivity contribution is 6.30. The van der Waals surface area contributed by atoms with Crippen molar-refractivity contribution in [2.45, 2.75) is 13.0 Å². The molecule has 5 heteroatoms. The number of carbonyl (C=O) groups is 1. The number of methoxy groups -OCH3 is 1.